The zero-order valence-corrected chi connectivity index (χ0v) is 9.23. The number of amides is 1. The summed E-state index contributed by atoms with van der Waals surface area (Å²) < 4.78 is 37.4. The Morgan fingerprint density at radius 1 is 1.56 bits per heavy atom. The molecule has 0 aliphatic heterocycles. The predicted octanol–water partition coefficient (Wildman–Crippen LogP) is 0.0943. The number of carboxylic acids is 1. The lowest BCUT2D eigenvalue weighted by Gasteiger charge is -2.14. The van der Waals surface area contributed by atoms with Crippen molar-refractivity contribution in [3.05, 3.63) is 18.0 Å². The average molecular weight is 265 g/mol. The first-order chi connectivity index (χ1) is 8.20. The normalized spacial score (nSPS) is 13.1. The number of rotatable bonds is 4. The molecule has 0 aliphatic rings. The van der Waals surface area contributed by atoms with Gasteiger partial charge in [0.2, 0.25) is 0 Å². The van der Waals surface area contributed by atoms with E-state index in [1.54, 1.807) is 7.05 Å². The third-order valence-corrected chi connectivity index (χ3v) is 2.06. The summed E-state index contributed by atoms with van der Waals surface area (Å²) in [5.74, 6) is -3.82. The molecule has 0 saturated carbocycles. The van der Waals surface area contributed by atoms with Crippen LogP contribution in [0.5, 0.6) is 0 Å². The number of carboxylic acid groups (broad SMARTS) is 1. The molecule has 0 aromatic carbocycles. The molecule has 2 N–H and O–H groups in total. The first-order valence-corrected chi connectivity index (χ1v) is 4.78. The number of hydrogen-bond donors (Lipinski definition) is 2. The second-order valence-electron chi connectivity index (χ2n) is 3.59. The van der Waals surface area contributed by atoms with Crippen LogP contribution in [0.2, 0.25) is 0 Å². The highest BCUT2D eigenvalue weighted by Gasteiger charge is 2.40. The molecule has 0 aliphatic carbocycles. The van der Waals surface area contributed by atoms with E-state index in [4.69, 9.17) is 5.11 Å². The fourth-order valence-corrected chi connectivity index (χ4v) is 1.25. The smallest absolute Gasteiger partial charge is 0.471 e. The topological polar surface area (TPSA) is 84.2 Å². The minimum atomic E-state index is -5.11. The van der Waals surface area contributed by atoms with Crippen LogP contribution < -0.4 is 5.32 Å². The first-order valence-electron chi connectivity index (χ1n) is 4.78. The van der Waals surface area contributed by atoms with E-state index in [0.29, 0.717) is 5.56 Å². The van der Waals surface area contributed by atoms with E-state index in [1.165, 1.54) is 22.4 Å². The van der Waals surface area contributed by atoms with Crippen LogP contribution in [-0.2, 0) is 23.1 Å². The summed E-state index contributed by atoms with van der Waals surface area (Å²) in [6, 6.07) is -1.65. The van der Waals surface area contributed by atoms with Gasteiger partial charge in [-0.25, -0.2) is 4.79 Å². The summed E-state index contributed by atoms with van der Waals surface area (Å²) in [6.07, 6.45) is -2.61. The molecule has 18 heavy (non-hydrogen) atoms. The van der Waals surface area contributed by atoms with Crippen molar-refractivity contribution in [2.24, 2.45) is 7.05 Å². The molecule has 6 nitrogen and oxygen atoms in total. The number of alkyl halides is 3. The van der Waals surface area contributed by atoms with Gasteiger partial charge < -0.3 is 10.4 Å². The number of aryl methyl sites for hydroxylation is 1. The SMILES string of the molecule is Cn1cc(CC(NC(=O)C(F)(F)F)C(=O)O)cn1. The summed E-state index contributed by atoms with van der Waals surface area (Å²) in [7, 11) is 1.58. The van der Waals surface area contributed by atoms with E-state index in [2.05, 4.69) is 5.10 Å². The Labute approximate surface area is 99.4 Å². The van der Waals surface area contributed by atoms with Crippen molar-refractivity contribution in [3.8, 4) is 0 Å². The molecule has 0 spiro atoms. The maximum atomic E-state index is 12.0. The standard InChI is InChI=1S/C9H10F3N3O3/c1-15-4-5(3-13-15)2-6(7(16)17)14-8(18)9(10,11)12/h3-4,6H,2H2,1H3,(H,14,18)(H,16,17). The van der Waals surface area contributed by atoms with Crippen LogP contribution in [0.1, 0.15) is 5.56 Å². The zero-order chi connectivity index (χ0) is 13.9. The van der Waals surface area contributed by atoms with Gasteiger partial charge in [-0.3, -0.25) is 9.48 Å². The second-order valence-corrected chi connectivity index (χ2v) is 3.59. The molecule has 1 amide bonds. The van der Waals surface area contributed by atoms with Crippen molar-refractivity contribution in [1.82, 2.24) is 15.1 Å². The van der Waals surface area contributed by atoms with Crippen LogP contribution in [0.4, 0.5) is 13.2 Å². The number of nitrogens with one attached hydrogen (secondary N) is 1. The predicted molar refractivity (Wildman–Crippen MR) is 52.5 cm³/mol. The molecule has 1 unspecified atom stereocenters. The molecule has 0 fully saturated rings. The third kappa shape index (κ3) is 3.75. The molecule has 100 valence electrons. The second kappa shape index (κ2) is 5.07. The van der Waals surface area contributed by atoms with Crippen molar-refractivity contribution >= 4 is 11.9 Å². The van der Waals surface area contributed by atoms with Crippen molar-refractivity contribution in [1.29, 1.82) is 0 Å². The van der Waals surface area contributed by atoms with Gasteiger partial charge in [-0.1, -0.05) is 0 Å². The van der Waals surface area contributed by atoms with Gasteiger partial charge in [0.15, 0.2) is 0 Å². The molecule has 1 heterocycles. The molecule has 0 saturated heterocycles. The Kier molecular flexibility index (Phi) is 3.94. The number of aliphatic carboxylic acids is 1. The quantitative estimate of drug-likeness (QED) is 0.808. The van der Waals surface area contributed by atoms with Gasteiger partial charge in [0.1, 0.15) is 6.04 Å². The highest BCUT2D eigenvalue weighted by atomic mass is 19.4. The Morgan fingerprint density at radius 3 is 2.56 bits per heavy atom. The Bertz CT molecular complexity index is 455. The maximum absolute atomic E-state index is 12.0. The molecule has 1 atom stereocenters. The van der Waals surface area contributed by atoms with E-state index < -0.39 is 24.1 Å². The molecule has 0 radical (unpaired) electrons. The fraction of sp³-hybridized carbons (Fsp3) is 0.444. The maximum Gasteiger partial charge on any atom is 0.471 e. The number of carbonyl (C=O) groups is 2. The van der Waals surface area contributed by atoms with Gasteiger partial charge in [0, 0.05) is 19.7 Å². The number of hydrogen-bond acceptors (Lipinski definition) is 3. The third-order valence-electron chi connectivity index (χ3n) is 2.06. The summed E-state index contributed by atoms with van der Waals surface area (Å²) >= 11 is 0. The van der Waals surface area contributed by atoms with Crippen LogP contribution in [0.25, 0.3) is 0 Å². The highest BCUT2D eigenvalue weighted by Crippen LogP contribution is 2.15. The van der Waals surface area contributed by atoms with Crippen LogP contribution >= 0.6 is 0 Å². The number of nitrogens with zero attached hydrogens (tertiary/aromatic N) is 2. The molecular weight excluding hydrogens is 255 g/mol. The molecule has 1 aromatic heterocycles. The number of aromatic nitrogens is 2. The summed E-state index contributed by atoms with van der Waals surface area (Å²) in [4.78, 5) is 21.4. The first kappa shape index (κ1) is 14.0. The van der Waals surface area contributed by atoms with E-state index in [1.807, 2.05) is 0 Å². The average Bonchev–Trinajstić information content (AvgIpc) is 2.61. The van der Waals surface area contributed by atoms with Gasteiger partial charge in [-0.15, -0.1) is 0 Å². The number of halogens is 3. The van der Waals surface area contributed by atoms with Crippen molar-refractivity contribution in [2.45, 2.75) is 18.6 Å². The van der Waals surface area contributed by atoms with Crippen LogP contribution in [-0.4, -0.2) is 39.0 Å². The number of carbonyl (C=O) groups excluding carboxylic acids is 1. The molecular formula is C9H10F3N3O3. The molecule has 9 heteroatoms. The lowest BCUT2D eigenvalue weighted by molar-refractivity contribution is -0.175. The Balaban J connectivity index is 2.73. The van der Waals surface area contributed by atoms with Crippen LogP contribution in [0.15, 0.2) is 12.4 Å². The van der Waals surface area contributed by atoms with Crippen LogP contribution in [0, 0.1) is 0 Å². The zero-order valence-electron chi connectivity index (χ0n) is 9.23. The van der Waals surface area contributed by atoms with Gasteiger partial charge in [0.05, 0.1) is 6.20 Å². The van der Waals surface area contributed by atoms with E-state index in [-0.39, 0.29) is 6.42 Å². The minimum Gasteiger partial charge on any atom is -0.480 e. The fourth-order valence-electron chi connectivity index (χ4n) is 1.25. The lowest BCUT2D eigenvalue weighted by atomic mass is 10.1. The van der Waals surface area contributed by atoms with Crippen molar-refractivity contribution in [2.75, 3.05) is 0 Å². The largest absolute Gasteiger partial charge is 0.480 e. The summed E-state index contributed by atoms with van der Waals surface area (Å²) in [5, 5.41) is 13.9. The van der Waals surface area contributed by atoms with Crippen molar-refractivity contribution in [3.63, 3.8) is 0 Å². The van der Waals surface area contributed by atoms with E-state index in [0.717, 1.165) is 0 Å². The summed E-state index contributed by atoms with van der Waals surface area (Å²) in [5.41, 5.74) is 0.410. The summed E-state index contributed by atoms with van der Waals surface area (Å²) in [6.45, 7) is 0. The minimum absolute atomic E-state index is 0.273. The highest BCUT2D eigenvalue weighted by molar-refractivity contribution is 5.87. The lowest BCUT2D eigenvalue weighted by Crippen LogP contribution is -2.47. The molecule has 1 rings (SSSR count). The molecule has 1 aromatic rings. The van der Waals surface area contributed by atoms with Gasteiger partial charge >= 0.3 is 18.1 Å². The van der Waals surface area contributed by atoms with Gasteiger partial charge in [0.25, 0.3) is 0 Å². The Morgan fingerprint density at radius 2 is 2.17 bits per heavy atom. The Hall–Kier alpha value is -2.06. The van der Waals surface area contributed by atoms with E-state index >= 15 is 0 Å². The van der Waals surface area contributed by atoms with Crippen molar-refractivity contribution < 1.29 is 27.9 Å². The van der Waals surface area contributed by atoms with E-state index in [9.17, 15) is 22.8 Å². The molecule has 0 bridgehead atoms. The van der Waals surface area contributed by atoms with Gasteiger partial charge in [-0.05, 0) is 5.56 Å². The van der Waals surface area contributed by atoms with Gasteiger partial charge in [-0.2, -0.15) is 18.3 Å². The van der Waals surface area contributed by atoms with Crippen LogP contribution in [0.3, 0.4) is 0 Å². The monoisotopic (exact) mass is 265 g/mol.